The van der Waals surface area contributed by atoms with E-state index in [2.05, 4.69) is 0 Å². The number of nitrogens with one attached hydrogen (secondary N) is 1. The van der Waals surface area contributed by atoms with Crippen LogP contribution in [0.1, 0.15) is 6.42 Å². The number of carbonyl (C=O) groups is 1. The first kappa shape index (κ1) is 9.18. The van der Waals surface area contributed by atoms with Gasteiger partial charge in [0.05, 0.1) is 12.1 Å². The van der Waals surface area contributed by atoms with Gasteiger partial charge >= 0.3 is 6.09 Å². The third kappa shape index (κ3) is 1.47. The second-order valence-corrected chi connectivity index (χ2v) is 2.89. The van der Waals surface area contributed by atoms with E-state index in [4.69, 9.17) is 10.2 Å². The van der Waals surface area contributed by atoms with Crippen molar-refractivity contribution in [2.24, 2.45) is 5.92 Å². The normalized spacial score (nSPS) is 33.5. The smallest absolute Gasteiger partial charge is 0.405 e. The summed E-state index contributed by atoms with van der Waals surface area (Å²) in [6.45, 7) is -0.575. The van der Waals surface area contributed by atoms with Crippen LogP contribution in [0.5, 0.6) is 0 Å². The second-order valence-electron chi connectivity index (χ2n) is 2.89. The van der Waals surface area contributed by atoms with Crippen LogP contribution in [0.4, 0.5) is 13.6 Å². The maximum atomic E-state index is 12.0. The Morgan fingerprint density at radius 1 is 1.75 bits per heavy atom. The number of amides is 1. The summed E-state index contributed by atoms with van der Waals surface area (Å²) in [5.41, 5.74) is -1.29. The summed E-state index contributed by atoms with van der Waals surface area (Å²) in [7, 11) is 0. The van der Waals surface area contributed by atoms with E-state index in [0.29, 0.717) is 0 Å². The third-order valence-electron chi connectivity index (χ3n) is 2.08. The van der Waals surface area contributed by atoms with E-state index in [-0.39, 0.29) is 6.42 Å². The molecular formula is C6H9F2NO3. The lowest BCUT2D eigenvalue weighted by Gasteiger charge is -2.13. The second kappa shape index (κ2) is 2.85. The molecular weight excluding hydrogens is 172 g/mol. The molecule has 0 aliphatic heterocycles. The first-order valence-corrected chi connectivity index (χ1v) is 3.42. The molecule has 0 radical (unpaired) electrons. The molecule has 0 saturated heterocycles. The maximum Gasteiger partial charge on any atom is 0.405 e. The number of hydrogen-bond donors (Lipinski definition) is 3. The summed E-state index contributed by atoms with van der Waals surface area (Å²) in [6, 6.07) is 0. The molecule has 0 heterocycles. The van der Waals surface area contributed by atoms with Crippen molar-refractivity contribution in [3.05, 3.63) is 0 Å². The quantitative estimate of drug-likeness (QED) is 0.585. The predicted octanol–water partition coefficient (Wildman–Crippen LogP) is 0.270. The molecule has 70 valence electrons. The van der Waals surface area contributed by atoms with E-state index in [1.165, 1.54) is 0 Å². The summed E-state index contributed by atoms with van der Waals surface area (Å²) in [4.78, 5) is 10.1. The Bertz CT molecular complexity index is 199. The summed E-state index contributed by atoms with van der Waals surface area (Å²) in [5, 5.41) is 18.8. The number of hydrogen-bond acceptors (Lipinski definition) is 2. The fraction of sp³-hybridized carbons (Fsp3) is 0.833. The van der Waals surface area contributed by atoms with E-state index < -0.39 is 30.6 Å². The summed E-state index contributed by atoms with van der Waals surface area (Å²) < 4.78 is 24.0. The molecule has 2 unspecified atom stereocenters. The topological polar surface area (TPSA) is 69.6 Å². The van der Waals surface area contributed by atoms with Crippen LogP contribution in [-0.2, 0) is 0 Å². The van der Waals surface area contributed by atoms with Gasteiger partial charge in [0.15, 0.2) is 0 Å². The molecule has 0 aromatic heterocycles. The van der Waals surface area contributed by atoms with Crippen LogP contribution in [0.15, 0.2) is 0 Å². The van der Waals surface area contributed by atoms with Gasteiger partial charge < -0.3 is 15.5 Å². The largest absolute Gasteiger partial charge is 0.465 e. The zero-order valence-corrected chi connectivity index (χ0v) is 6.13. The molecule has 0 aromatic carbocycles. The van der Waals surface area contributed by atoms with Crippen molar-refractivity contribution in [3.63, 3.8) is 0 Å². The fourth-order valence-electron chi connectivity index (χ4n) is 1.24. The molecule has 1 fully saturated rings. The minimum absolute atomic E-state index is 0.00741. The highest BCUT2D eigenvalue weighted by Gasteiger charge is 2.59. The SMILES string of the molecule is O=C(O)NC1(CO)CC1C(F)F. The monoisotopic (exact) mass is 181 g/mol. The lowest BCUT2D eigenvalue weighted by molar-refractivity contribution is 0.0943. The van der Waals surface area contributed by atoms with Gasteiger partial charge in [-0.05, 0) is 6.42 Å². The van der Waals surface area contributed by atoms with E-state index in [0.717, 1.165) is 0 Å². The van der Waals surface area contributed by atoms with Crippen molar-refractivity contribution in [1.29, 1.82) is 0 Å². The molecule has 1 saturated carbocycles. The van der Waals surface area contributed by atoms with Crippen molar-refractivity contribution >= 4 is 6.09 Å². The lowest BCUT2D eigenvalue weighted by Crippen LogP contribution is -2.41. The van der Waals surface area contributed by atoms with Gasteiger partial charge in [0, 0.05) is 5.92 Å². The van der Waals surface area contributed by atoms with Crippen LogP contribution in [0.25, 0.3) is 0 Å². The molecule has 4 nitrogen and oxygen atoms in total. The van der Waals surface area contributed by atoms with Gasteiger partial charge in [-0.1, -0.05) is 0 Å². The van der Waals surface area contributed by atoms with Gasteiger partial charge in [0.25, 0.3) is 0 Å². The maximum absolute atomic E-state index is 12.0. The summed E-state index contributed by atoms with van der Waals surface area (Å²) in [6.07, 6.45) is -3.95. The minimum Gasteiger partial charge on any atom is -0.465 e. The van der Waals surface area contributed by atoms with E-state index in [9.17, 15) is 13.6 Å². The van der Waals surface area contributed by atoms with Crippen LogP contribution >= 0.6 is 0 Å². The van der Waals surface area contributed by atoms with Gasteiger partial charge in [0.1, 0.15) is 0 Å². The van der Waals surface area contributed by atoms with Crippen LogP contribution in [-0.4, -0.2) is 34.9 Å². The average molecular weight is 181 g/mol. The van der Waals surface area contributed by atoms with Gasteiger partial charge in [0.2, 0.25) is 6.43 Å². The Hall–Kier alpha value is -0.910. The van der Waals surface area contributed by atoms with Crippen molar-refractivity contribution in [1.82, 2.24) is 5.32 Å². The van der Waals surface area contributed by atoms with Crippen molar-refractivity contribution in [2.45, 2.75) is 18.4 Å². The summed E-state index contributed by atoms with van der Waals surface area (Å²) >= 11 is 0. The summed E-state index contributed by atoms with van der Waals surface area (Å²) in [5.74, 6) is -1.04. The zero-order valence-electron chi connectivity index (χ0n) is 6.13. The predicted molar refractivity (Wildman–Crippen MR) is 35.1 cm³/mol. The fourth-order valence-corrected chi connectivity index (χ4v) is 1.24. The number of rotatable bonds is 3. The average Bonchev–Trinajstić information content (AvgIpc) is 2.63. The highest BCUT2D eigenvalue weighted by molar-refractivity contribution is 5.66. The van der Waals surface area contributed by atoms with Crippen molar-refractivity contribution in [3.8, 4) is 0 Å². The number of alkyl halides is 2. The molecule has 6 heteroatoms. The Labute approximate surface area is 67.2 Å². The molecule has 1 aliphatic rings. The molecule has 1 amide bonds. The van der Waals surface area contributed by atoms with Gasteiger partial charge in [-0.15, -0.1) is 0 Å². The molecule has 3 N–H and O–H groups in total. The highest BCUT2D eigenvalue weighted by atomic mass is 19.3. The molecule has 1 aliphatic carbocycles. The number of aliphatic hydroxyl groups excluding tert-OH is 1. The number of carboxylic acid groups (broad SMARTS) is 1. The highest BCUT2D eigenvalue weighted by Crippen LogP contribution is 2.46. The lowest BCUT2D eigenvalue weighted by atomic mass is 10.2. The molecule has 0 bridgehead atoms. The standard InChI is InChI=1S/C6H9F2NO3/c7-4(8)3-1-6(3,2-10)9-5(11)12/h3-4,9-10H,1-2H2,(H,11,12). The molecule has 0 spiro atoms. The third-order valence-corrected chi connectivity index (χ3v) is 2.08. The van der Waals surface area contributed by atoms with E-state index in [1.54, 1.807) is 0 Å². The molecule has 2 atom stereocenters. The van der Waals surface area contributed by atoms with Crippen molar-refractivity contribution in [2.75, 3.05) is 6.61 Å². The first-order valence-electron chi connectivity index (χ1n) is 3.42. The van der Waals surface area contributed by atoms with Crippen LogP contribution < -0.4 is 5.32 Å². The Kier molecular flexibility index (Phi) is 2.18. The number of halogens is 2. The van der Waals surface area contributed by atoms with Gasteiger partial charge in [-0.25, -0.2) is 13.6 Å². The Balaban J connectivity index is 2.53. The van der Waals surface area contributed by atoms with E-state index >= 15 is 0 Å². The number of aliphatic hydroxyl groups is 1. The van der Waals surface area contributed by atoms with Crippen LogP contribution in [0.3, 0.4) is 0 Å². The van der Waals surface area contributed by atoms with Gasteiger partial charge in [-0.3, -0.25) is 0 Å². The molecule has 12 heavy (non-hydrogen) atoms. The van der Waals surface area contributed by atoms with Crippen LogP contribution in [0, 0.1) is 5.92 Å². The van der Waals surface area contributed by atoms with Crippen LogP contribution in [0.2, 0.25) is 0 Å². The first-order chi connectivity index (χ1) is 5.52. The van der Waals surface area contributed by atoms with E-state index in [1.807, 2.05) is 5.32 Å². The Morgan fingerprint density at radius 2 is 2.33 bits per heavy atom. The molecule has 0 aromatic rings. The molecule has 1 rings (SSSR count). The Morgan fingerprint density at radius 3 is 2.58 bits per heavy atom. The minimum atomic E-state index is -2.58. The zero-order chi connectivity index (χ0) is 9.35. The van der Waals surface area contributed by atoms with Gasteiger partial charge in [-0.2, -0.15) is 0 Å². The van der Waals surface area contributed by atoms with Crippen molar-refractivity contribution < 1.29 is 23.8 Å².